The van der Waals surface area contributed by atoms with Crippen molar-refractivity contribution in [1.29, 1.82) is 5.26 Å². The summed E-state index contributed by atoms with van der Waals surface area (Å²) in [4.78, 5) is 33.9. The first kappa shape index (κ1) is 14.9. The summed E-state index contributed by atoms with van der Waals surface area (Å²) in [5.41, 5.74) is 3.88. The molecule has 0 fully saturated rings. The zero-order chi connectivity index (χ0) is 13.6. The smallest absolute Gasteiger partial charge is 0.310 e. The Kier molecular flexibility index (Phi) is 5.12. The van der Waals surface area contributed by atoms with E-state index < -0.39 is 23.3 Å². The summed E-state index contributed by atoms with van der Waals surface area (Å²) >= 11 is 0. The van der Waals surface area contributed by atoms with Crippen LogP contribution in [0.1, 0.15) is 20.8 Å². The van der Waals surface area contributed by atoms with Crippen molar-refractivity contribution in [3.05, 3.63) is 0 Å². The lowest BCUT2D eigenvalue weighted by Crippen LogP contribution is -2.61. The molecule has 94 valence electrons. The van der Waals surface area contributed by atoms with Crippen molar-refractivity contribution in [1.82, 2.24) is 10.6 Å². The molecule has 0 heterocycles. The number of nitrogens with one attached hydrogen (secondary N) is 2. The quantitative estimate of drug-likeness (QED) is 0.414. The molecule has 4 N–H and O–H groups in total. The van der Waals surface area contributed by atoms with E-state index in [0.29, 0.717) is 0 Å². The second-order valence-corrected chi connectivity index (χ2v) is 4.02. The molecule has 7 nitrogen and oxygen atoms in total. The minimum atomic E-state index is -1.30. The zero-order valence-corrected chi connectivity index (χ0v) is 10.0. The summed E-state index contributed by atoms with van der Waals surface area (Å²) in [6, 6.07) is 1.66. The van der Waals surface area contributed by atoms with E-state index in [1.807, 2.05) is 0 Å². The van der Waals surface area contributed by atoms with Crippen molar-refractivity contribution in [3.63, 3.8) is 0 Å². The summed E-state index contributed by atoms with van der Waals surface area (Å²) in [6.45, 7) is 4.55. The minimum Gasteiger partial charge on any atom is -0.368 e. The van der Waals surface area contributed by atoms with Gasteiger partial charge in [0.2, 0.25) is 5.91 Å². The number of rotatable bonds is 4. The maximum atomic E-state index is 11.4. The molecule has 0 saturated carbocycles. The fraction of sp³-hybridized carbons (Fsp3) is 0.600. The molecule has 7 heteroatoms. The number of nitriles is 1. The van der Waals surface area contributed by atoms with Gasteiger partial charge in [-0.3, -0.25) is 14.4 Å². The fourth-order valence-corrected chi connectivity index (χ4v) is 0.983. The molecule has 0 aliphatic heterocycles. The monoisotopic (exact) mass is 240 g/mol. The predicted octanol–water partition coefficient (Wildman–Crippen LogP) is -1.36. The van der Waals surface area contributed by atoms with Crippen LogP contribution in [0, 0.1) is 17.2 Å². The van der Waals surface area contributed by atoms with E-state index in [1.165, 1.54) is 6.92 Å². The summed E-state index contributed by atoms with van der Waals surface area (Å²) in [5, 5.41) is 12.6. The highest BCUT2D eigenvalue weighted by Gasteiger charge is 2.37. The molecule has 0 radical (unpaired) electrons. The van der Waals surface area contributed by atoms with Gasteiger partial charge in [-0.05, 0) is 12.8 Å². The predicted molar refractivity (Wildman–Crippen MR) is 59.2 cm³/mol. The van der Waals surface area contributed by atoms with Gasteiger partial charge in [-0.1, -0.05) is 13.8 Å². The van der Waals surface area contributed by atoms with Crippen LogP contribution in [-0.4, -0.2) is 29.8 Å². The van der Waals surface area contributed by atoms with Gasteiger partial charge < -0.3 is 16.4 Å². The molecule has 17 heavy (non-hydrogen) atoms. The Bertz CT molecular complexity index is 372. The van der Waals surface area contributed by atoms with E-state index in [4.69, 9.17) is 11.0 Å². The molecule has 0 spiro atoms. The summed E-state index contributed by atoms with van der Waals surface area (Å²) in [5.74, 6) is -2.96. The van der Waals surface area contributed by atoms with E-state index in [-0.39, 0.29) is 12.5 Å². The first-order chi connectivity index (χ1) is 7.75. The van der Waals surface area contributed by atoms with Crippen molar-refractivity contribution in [2.75, 3.05) is 6.54 Å². The Labute approximate surface area is 99.3 Å². The van der Waals surface area contributed by atoms with E-state index in [0.717, 1.165) is 0 Å². The Balaban J connectivity index is 4.70. The first-order valence-electron chi connectivity index (χ1n) is 5.03. The largest absolute Gasteiger partial charge is 0.368 e. The van der Waals surface area contributed by atoms with Gasteiger partial charge in [0.1, 0.15) is 12.1 Å². The second kappa shape index (κ2) is 5.84. The van der Waals surface area contributed by atoms with Crippen LogP contribution in [0.15, 0.2) is 0 Å². The van der Waals surface area contributed by atoms with E-state index in [9.17, 15) is 14.4 Å². The number of amides is 3. The van der Waals surface area contributed by atoms with Gasteiger partial charge in [0.25, 0.3) is 0 Å². The Morgan fingerprint density at radius 2 is 1.88 bits per heavy atom. The van der Waals surface area contributed by atoms with Gasteiger partial charge in [0.05, 0.1) is 6.07 Å². The molecule has 0 aromatic carbocycles. The Morgan fingerprint density at radius 1 is 1.35 bits per heavy atom. The fourth-order valence-electron chi connectivity index (χ4n) is 0.983. The van der Waals surface area contributed by atoms with Gasteiger partial charge in [0, 0.05) is 0 Å². The van der Waals surface area contributed by atoms with Crippen LogP contribution >= 0.6 is 0 Å². The average molecular weight is 240 g/mol. The van der Waals surface area contributed by atoms with Crippen LogP contribution in [-0.2, 0) is 14.4 Å². The Hall–Kier alpha value is -2.10. The minimum absolute atomic E-state index is 0.271. The van der Waals surface area contributed by atoms with Crippen molar-refractivity contribution < 1.29 is 14.4 Å². The number of carbonyl (C=O) groups is 3. The van der Waals surface area contributed by atoms with Crippen LogP contribution in [0.3, 0.4) is 0 Å². The summed E-state index contributed by atoms with van der Waals surface area (Å²) < 4.78 is 0. The third-order valence-electron chi connectivity index (χ3n) is 2.57. The zero-order valence-electron chi connectivity index (χ0n) is 10.0. The highest BCUT2D eigenvalue weighted by atomic mass is 16.2. The molecule has 0 saturated heterocycles. The topological polar surface area (TPSA) is 125 Å². The third-order valence-corrected chi connectivity index (χ3v) is 2.57. The van der Waals surface area contributed by atoms with Crippen LogP contribution in [0.2, 0.25) is 0 Å². The van der Waals surface area contributed by atoms with Crippen LogP contribution < -0.4 is 16.4 Å². The SMILES string of the molecule is CC(C)C(C)(NC(=O)C(=O)NCC#N)C(N)=O. The molecule has 0 aromatic heterocycles. The van der Waals surface area contributed by atoms with Gasteiger partial charge in [0.15, 0.2) is 0 Å². The molecule has 3 amide bonds. The lowest BCUT2D eigenvalue weighted by Gasteiger charge is -2.30. The van der Waals surface area contributed by atoms with Crippen LogP contribution in [0.5, 0.6) is 0 Å². The molecule has 0 aliphatic rings. The number of carbonyl (C=O) groups excluding carboxylic acids is 3. The highest BCUT2D eigenvalue weighted by Crippen LogP contribution is 2.15. The standard InChI is InChI=1S/C10H16N4O3/c1-6(2)10(3,9(12)17)14-8(16)7(15)13-5-4-11/h6H,5H2,1-3H3,(H2,12,17)(H,13,15)(H,14,16). The summed E-state index contributed by atoms with van der Waals surface area (Å²) in [6.07, 6.45) is 0. The molecule has 0 aromatic rings. The average Bonchev–Trinajstić information content (AvgIpc) is 2.24. The third kappa shape index (κ3) is 3.75. The van der Waals surface area contributed by atoms with Gasteiger partial charge in [-0.25, -0.2) is 0 Å². The maximum absolute atomic E-state index is 11.4. The molecular formula is C10H16N4O3. The molecule has 0 aliphatic carbocycles. The van der Waals surface area contributed by atoms with Crippen molar-refractivity contribution in [2.45, 2.75) is 26.3 Å². The lowest BCUT2D eigenvalue weighted by atomic mass is 9.87. The Morgan fingerprint density at radius 3 is 2.24 bits per heavy atom. The molecule has 1 atom stereocenters. The van der Waals surface area contributed by atoms with Gasteiger partial charge in [-0.2, -0.15) is 5.26 Å². The first-order valence-corrected chi connectivity index (χ1v) is 5.03. The lowest BCUT2D eigenvalue weighted by molar-refractivity contribution is -0.142. The van der Waals surface area contributed by atoms with Crippen LogP contribution in [0.25, 0.3) is 0 Å². The number of hydrogen-bond acceptors (Lipinski definition) is 4. The molecule has 1 unspecified atom stereocenters. The molecule has 0 bridgehead atoms. The number of nitrogens with zero attached hydrogens (tertiary/aromatic N) is 1. The van der Waals surface area contributed by atoms with Crippen molar-refractivity contribution >= 4 is 17.7 Å². The summed E-state index contributed by atoms with van der Waals surface area (Å²) in [7, 11) is 0. The van der Waals surface area contributed by atoms with Gasteiger partial charge in [-0.15, -0.1) is 0 Å². The number of hydrogen-bond donors (Lipinski definition) is 3. The van der Waals surface area contributed by atoms with Crippen molar-refractivity contribution in [2.24, 2.45) is 11.7 Å². The molecular weight excluding hydrogens is 224 g/mol. The normalized spacial score (nSPS) is 13.4. The van der Waals surface area contributed by atoms with E-state index >= 15 is 0 Å². The second-order valence-electron chi connectivity index (χ2n) is 4.02. The van der Waals surface area contributed by atoms with Gasteiger partial charge >= 0.3 is 11.8 Å². The van der Waals surface area contributed by atoms with E-state index in [1.54, 1.807) is 19.9 Å². The van der Waals surface area contributed by atoms with Crippen LogP contribution in [0.4, 0.5) is 0 Å². The number of primary amides is 1. The maximum Gasteiger partial charge on any atom is 0.310 e. The van der Waals surface area contributed by atoms with E-state index in [2.05, 4.69) is 10.6 Å². The number of nitrogens with two attached hydrogens (primary N) is 1. The molecule has 0 rings (SSSR count). The van der Waals surface area contributed by atoms with Crippen molar-refractivity contribution in [3.8, 4) is 6.07 Å². The highest BCUT2D eigenvalue weighted by molar-refractivity contribution is 6.35.